The van der Waals surface area contributed by atoms with Gasteiger partial charge >= 0.3 is 0 Å². The molecule has 1 heterocycles. The fourth-order valence-electron chi connectivity index (χ4n) is 1.65. The van der Waals surface area contributed by atoms with E-state index in [-0.39, 0.29) is 55.1 Å². The van der Waals surface area contributed by atoms with E-state index >= 15 is 0 Å². The lowest BCUT2D eigenvalue weighted by Crippen LogP contribution is -2.43. The molecule has 0 radical (unpaired) electrons. The Morgan fingerprint density at radius 2 is 1.96 bits per heavy atom. The van der Waals surface area contributed by atoms with Crippen molar-refractivity contribution < 1.29 is 9.59 Å². The number of nitrogens with two attached hydrogens (primary N) is 1. The van der Waals surface area contributed by atoms with Gasteiger partial charge in [0.05, 0.1) is 6.54 Å². The van der Waals surface area contributed by atoms with Gasteiger partial charge in [-0.15, -0.1) is 24.8 Å². The first-order valence-corrected chi connectivity index (χ1v) is 7.09. The zero-order chi connectivity index (χ0) is 15.8. The van der Waals surface area contributed by atoms with E-state index in [1.807, 2.05) is 18.2 Å². The number of carbonyl (C=O) groups is 2. The molecule has 23 heavy (non-hydrogen) atoms. The summed E-state index contributed by atoms with van der Waals surface area (Å²) in [7, 11) is 1.71. The Hall–Kier alpha value is -1.37. The number of nitrogens with zero attached hydrogens (tertiary/aromatic N) is 2. The first-order chi connectivity index (χ1) is 9.91. The molecule has 0 aliphatic rings. The van der Waals surface area contributed by atoms with Gasteiger partial charge in [-0.1, -0.05) is 13.0 Å². The van der Waals surface area contributed by atoms with Crippen LogP contribution in [-0.2, 0) is 16.0 Å². The lowest BCUT2D eigenvalue weighted by atomic mass is 10.0. The van der Waals surface area contributed by atoms with Crippen LogP contribution in [0.2, 0.25) is 0 Å². The molecule has 0 aromatic carbocycles. The molecule has 0 bridgehead atoms. The Morgan fingerprint density at radius 1 is 1.30 bits per heavy atom. The standard InChI is InChI=1S/C15H24N4O2.2ClH/c1-11(12(2)16)15(21)18-10-14(20)19(3)9-7-13-6-4-5-8-17-13;;/h4-6,8,11-12H,7,9-10,16H2,1-3H3,(H,18,21);2*1H. The topological polar surface area (TPSA) is 88.3 Å². The second kappa shape index (κ2) is 12.1. The Labute approximate surface area is 150 Å². The van der Waals surface area contributed by atoms with Crippen LogP contribution in [-0.4, -0.2) is 47.9 Å². The molecule has 3 N–H and O–H groups in total. The van der Waals surface area contributed by atoms with Crippen molar-refractivity contribution in [3.05, 3.63) is 30.1 Å². The van der Waals surface area contributed by atoms with E-state index < -0.39 is 0 Å². The van der Waals surface area contributed by atoms with Crippen LogP contribution >= 0.6 is 24.8 Å². The average Bonchev–Trinajstić information content (AvgIpc) is 2.49. The molecule has 1 aromatic rings. The summed E-state index contributed by atoms with van der Waals surface area (Å²) in [5.74, 6) is -0.635. The van der Waals surface area contributed by atoms with E-state index in [9.17, 15) is 9.59 Å². The number of amides is 2. The fraction of sp³-hybridized carbons (Fsp3) is 0.533. The summed E-state index contributed by atoms with van der Waals surface area (Å²) in [4.78, 5) is 29.4. The Kier molecular flexibility index (Phi) is 12.6. The van der Waals surface area contributed by atoms with Crippen molar-refractivity contribution >= 4 is 36.6 Å². The van der Waals surface area contributed by atoms with Crippen molar-refractivity contribution in [2.45, 2.75) is 26.3 Å². The fourth-order valence-corrected chi connectivity index (χ4v) is 1.65. The van der Waals surface area contributed by atoms with Gasteiger partial charge in [0.2, 0.25) is 11.8 Å². The second-order valence-electron chi connectivity index (χ2n) is 5.25. The summed E-state index contributed by atoms with van der Waals surface area (Å²) >= 11 is 0. The van der Waals surface area contributed by atoms with Crippen LogP contribution in [0, 0.1) is 5.92 Å². The van der Waals surface area contributed by atoms with Crippen LogP contribution in [0.3, 0.4) is 0 Å². The van der Waals surface area contributed by atoms with Crippen LogP contribution in [0.15, 0.2) is 24.4 Å². The third-order valence-electron chi connectivity index (χ3n) is 3.47. The molecule has 2 atom stereocenters. The van der Waals surface area contributed by atoms with Gasteiger partial charge in [-0.3, -0.25) is 14.6 Å². The average molecular weight is 365 g/mol. The molecule has 8 heteroatoms. The SMILES string of the molecule is CC(N)C(C)C(=O)NCC(=O)N(C)CCc1ccccn1.Cl.Cl. The third-order valence-corrected chi connectivity index (χ3v) is 3.47. The molecule has 1 rings (SSSR count). The normalized spacial score (nSPS) is 12.2. The minimum absolute atomic E-state index is 0. The van der Waals surface area contributed by atoms with Crippen molar-refractivity contribution in [2.75, 3.05) is 20.1 Å². The molecule has 0 saturated carbocycles. The molecule has 2 amide bonds. The molecule has 0 aliphatic carbocycles. The van der Waals surface area contributed by atoms with Crippen LogP contribution in [0.4, 0.5) is 0 Å². The minimum atomic E-state index is -0.309. The van der Waals surface area contributed by atoms with Crippen LogP contribution in [0.5, 0.6) is 0 Å². The quantitative estimate of drug-likeness (QED) is 0.755. The summed E-state index contributed by atoms with van der Waals surface area (Å²) in [5, 5.41) is 2.62. The number of halogens is 2. The third kappa shape index (κ3) is 8.74. The molecule has 0 spiro atoms. The number of hydrogen-bond donors (Lipinski definition) is 2. The van der Waals surface area contributed by atoms with E-state index in [1.54, 1.807) is 32.0 Å². The van der Waals surface area contributed by atoms with E-state index in [1.165, 1.54) is 0 Å². The molecule has 6 nitrogen and oxygen atoms in total. The maximum atomic E-state index is 11.9. The van der Waals surface area contributed by atoms with Crippen molar-refractivity contribution in [1.82, 2.24) is 15.2 Å². The van der Waals surface area contributed by atoms with Crippen molar-refractivity contribution in [3.63, 3.8) is 0 Å². The van der Waals surface area contributed by atoms with Gasteiger partial charge in [0.25, 0.3) is 0 Å². The lowest BCUT2D eigenvalue weighted by molar-refractivity contribution is -0.133. The van der Waals surface area contributed by atoms with Gasteiger partial charge in [0.15, 0.2) is 0 Å². The largest absolute Gasteiger partial charge is 0.347 e. The molecule has 132 valence electrons. The number of likely N-dealkylation sites (N-methyl/N-ethyl adjacent to an activating group) is 1. The van der Waals surface area contributed by atoms with Crippen molar-refractivity contribution in [1.29, 1.82) is 0 Å². The summed E-state index contributed by atoms with van der Waals surface area (Å²) in [6.07, 6.45) is 2.42. The number of nitrogens with one attached hydrogen (secondary N) is 1. The number of rotatable bonds is 7. The van der Waals surface area contributed by atoms with Gasteiger partial charge < -0.3 is 16.0 Å². The number of carbonyl (C=O) groups excluding carboxylic acids is 2. The van der Waals surface area contributed by atoms with Gasteiger partial charge in [0, 0.05) is 43.9 Å². The second-order valence-corrected chi connectivity index (χ2v) is 5.25. The molecular formula is C15H26Cl2N4O2. The Balaban J connectivity index is 0. The van der Waals surface area contributed by atoms with Crippen LogP contribution < -0.4 is 11.1 Å². The monoisotopic (exact) mass is 364 g/mol. The highest BCUT2D eigenvalue weighted by atomic mass is 35.5. The van der Waals surface area contributed by atoms with E-state index in [2.05, 4.69) is 10.3 Å². The predicted molar refractivity (Wildman–Crippen MR) is 95.9 cm³/mol. The molecule has 0 aliphatic heterocycles. The minimum Gasteiger partial charge on any atom is -0.347 e. The summed E-state index contributed by atoms with van der Waals surface area (Å²) < 4.78 is 0. The highest BCUT2D eigenvalue weighted by Gasteiger charge is 2.18. The Morgan fingerprint density at radius 3 is 2.48 bits per heavy atom. The van der Waals surface area contributed by atoms with Crippen LogP contribution in [0.1, 0.15) is 19.5 Å². The lowest BCUT2D eigenvalue weighted by Gasteiger charge is -2.19. The Bertz CT molecular complexity index is 472. The van der Waals surface area contributed by atoms with E-state index in [0.717, 1.165) is 5.69 Å². The number of hydrogen-bond acceptors (Lipinski definition) is 4. The first kappa shape index (κ1) is 23.9. The zero-order valence-corrected chi connectivity index (χ0v) is 15.3. The predicted octanol–water partition coefficient (Wildman–Crippen LogP) is 1.03. The first-order valence-electron chi connectivity index (χ1n) is 7.09. The molecular weight excluding hydrogens is 339 g/mol. The van der Waals surface area contributed by atoms with Gasteiger partial charge in [-0.05, 0) is 19.1 Å². The van der Waals surface area contributed by atoms with Gasteiger partial charge in [-0.25, -0.2) is 0 Å². The summed E-state index contributed by atoms with van der Waals surface area (Å²) in [6, 6.07) is 5.46. The van der Waals surface area contributed by atoms with Crippen molar-refractivity contribution in [3.8, 4) is 0 Å². The molecule has 1 aromatic heterocycles. The van der Waals surface area contributed by atoms with Gasteiger partial charge in [-0.2, -0.15) is 0 Å². The molecule has 0 saturated heterocycles. The molecule has 2 unspecified atom stereocenters. The number of aromatic nitrogens is 1. The zero-order valence-electron chi connectivity index (χ0n) is 13.7. The van der Waals surface area contributed by atoms with E-state index in [0.29, 0.717) is 13.0 Å². The highest BCUT2D eigenvalue weighted by Crippen LogP contribution is 2.00. The highest BCUT2D eigenvalue weighted by molar-refractivity contribution is 5.86. The molecule has 0 fully saturated rings. The number of pyridine rings is 1. The maximum absolute atomic E-state index is 11.9. The van der Waals surface area contributed by atoms with E-state index in [4.69, 9.17) is 5.73 Å². The maximum Gasteiger partial charge on any atom is 0.241 e. The van der Waals surface area contributed by atoms with Crippen LogP contribution in [0.25, 0.3) is 0 Å². The summed E-state index contributed by atoms with van der Waals surface area (Å²) in [5.41, 5.74) is 6.59. The summed E-state index contributed by atoms with van der Waals surface area (Å²) in [6.45, 7) is 4.07. The smallest absolute Gasteiger partial charge is 0.241 e. The van der Waals surface area contributed by atoms with Crippen molar-refractivity contribution in [2.24, 2.45) is 11.7 Å². The van der Waals surface area contributed by atoms with Gasteiger partial charge in [0.1, 0.15) is 0 Å².